The van der Waals surface area contributed by atoms with Crippen molar-refractivity contribution < 1.29 is 4.74 Å². The highest BCUT2D eigenvalue weighted by Crippen LogP contribution is 2.34. The quantitative estimate of drug-likeness (QED) is 0.759. The fourth-order valence-corrected chi connectivity index (χ4v) is 3.47. The summed E-state index contributed by atoms with van der Waals surface area (Å²) in [5.74, 6) is 1.29. The maximum absolute atomic E-state index is 5.40. The van der Waals surface area contributed by atoms with Crippen LogP contribution in [0.15, 0.2) is 48.5 Å². The van der Waals surface area contributed by atoms with Crippen molar-refractivity contribution in [3.8, 4) is 5.75 Å². The first-order valence-corrected chi connectivity index (χ1v) is 7.81. The Morgan fingerprint density at radius 3 is 2.77 bits per heavy atom. The largest absolute Gasteiger partial charge is 0.497 e. The van der Waals surface area contributed by atoms with E-state index in [1.165, 1.54) is 27.7 Å². The lowest BCUT2D eigenvalue weighted by atomic mass is 9.93. The molecule has 1 atom stereocenters. The van der Waals surface area contributed by atoms with Gasteiger partial charge in [-0.2, -0.15) is 0 Å². The van der Waals surface area contributed by atoms with Gasteiger partial charge in [-0.3, -0.25) is 0 Å². The van der Waals surface area contributed by atoms with Gasteiger partial charge in [0.05, 0.1) is 7.11 Å². The van der Waals surface area contributed by atoms with E-state index in [1.807, 2.05) is 6.07 Å². The molecule has 2 aromatic carbocycles. The van der Waals surface area contributed by atoms with E-state index < -0.39 is 0 Å². The SMILES string of the molecule is COc1ccc2[nH]c3c(c2c1)CCNC[C@@H]3c1ccccc1. The molecule has 0 aliphatic carbocycles. The van der Waals surface area contributed by atoms with Crippen LogP contribution in [0.2, 0.25) is 0 Å². The highest BCUT2D eigenvalue weighted by Gasteiger charge is 2.24. The minimum atomic E-state index is 0.372. The van der Waals surface area contributed by atoms with Gasteiger partial charge >= 0.3 is 0 Å². The molecule has 0 unspecified atom stereocenters. The van der Waals surface area contributed by atoms with Gasteiger partial charge < -0.3 is 15.0 Å². The molecular weight excluding hydrogens is 272 g/mol. The van der Waals surface area contributed by atoms with Crippen molar-refractivity contribution in [2.75, 3.05) is 20.2 Å². The first-order valence-electron chi connectivity index (χ1n) is 7.81. The molecule has 2 N–H and O–H groups in total. The second-order valence-corrected chi connectivity index (χ2v) is 5.85. The normalized spacial score (nSPS) is 18.0. The van der Waals surface area contributed by atoms with Gasteiger partial charge in [-0.25, -0.2) is 0 Å². The molecule has 0 spiro atoms. The number of fused-ring (bicyclic) bond motifs is 3. The Labute approximate surface area is 130 Å². The highest BCUT2D eigenvalue weighted by molar-refractivity contribution is 5.86. The predicted molar refractivity (Wildman–Crippen MR) is 89.7 cm³/mol. The Bertz CT molecular complexity index is 792. The lowest BCUT2D eigenvalue weighted by Crippen LogP contribution is -2.21. The molecule has 0 amide bonds. The van der Waals surface area contributed by atoms with Gasteiger partial charge in [0.2, 0.25) is 0 Å². The number of nitrogens with one attached hydrogen (secondary N) is 2. The van der Waals surface area contributed by atoms with E-state index in [9.17, 15) is 0 Å². The van der Waals surface area contributed by atoms with Crippen LogP contribution in [0.4, 0.5) is 0 Å². The number of benzene rings is 2. The molecule has 0 fully saturated rings. The molecule has 1 aromatic heterocycles. The van der Waals surface area contributed by atoms with E-state index in [4.69, 9.17) is 4.74 Å². The van der Waals surface area contributed by atoms with E-state index >= 15 is 0 Å². The zero-order valence-corrected chi connectivity index (χ0v) is 12.7. The van der Waals surface area contributed by atoms with Crippen LogP contribution in [0.5, 0.6) is 5.75 Å². The number of hydrogen-bond donors (Lipinski definition) is 2. The summed E-state index contributed by atoms with van der Waals surface area (Å²) >= 11 is 0. The summed E-state index contributed by atoms with van der Waals surface area (Å²) in [5.41, 5.74) is 5.33. The number of aromatic amines is 1. The van der Waals surface area contributed by atoms with Crippen molar-refractivity contribution in [1.82, 2.24) is 10.3 Å². The number of methoxy groups -OCH3 is 1. The third kappa shape index (κ3) is 2.18. The maximum Gasteiger partial charge on any atom is 0.119 e. The minimum Gasteiger partial charge on any atom is -0.497 e. The average molecular weight is 292 g/mol. The molecule has 3 aromatic rings. The van der Waals surface area contributed by atoms with Crippen LogP contribution < -0.4 is 10.1 Å². The van der Waals surface area contributed by atoms with E-state index in [-0.39, 0.29) is 0 Å². The Morgan fingerprint density at radius 2 is 1.95 bits per heavy atom. The standard InChI is InChI=1S/C19H20N2O/c1-22-14-7-8-18-16(11-14)15-9-10-20-12-17(19(15)21-18)13-5-3-2-4-6-13/h2-8,11,17,20-21H,9-10,12H2,1H3/t17-/m1/s1. The molecule has 0 bridgehead atoms. The third-order valence-corrected chi connectivity index (χ3v) is 4.60. The van der Waals surface area contributed by atoms with Crippen molar-refractivity contribution in [3.05, 3.63) is 65.4 Å². The first-order chi connectivity index (χ1) is 10.9. The highest BCUT2D eigenvalue weighted by atomic mass is 16.5. The van der Waals surface area contributed by atoms with E-state index in [2.05, 4.69) is 52.8 Å². The lowest BCUT2D eigenvalue weighted by Gasteiger charge is -2.15. The fraction of sp³-hybridized carbons (Fsp3) is 0.263. The molecule has 1 aliphatic rings. The maximum atomic E-state index is 5.40. The van der Waals surface area contributed by atoms with Gasteiger partial charge in [-0.15, -0.1) is 0 Å². The lowest BCUT2D eigenvalue weighted by molar-refractivity contribution is 0.415. The molecule has 3 heteroatoms. The molecule has 22 heavy (non-hydrogen) atoms. The van der Waals surface area contributed by atoms with Gasteiger partial charge in [0.25, 0.3) is 0 Å². The number of ether oxygens (including phenoxy) is 1. The summed E-state index contributed by atoms with van der Waals surface area (Å²) in [6.45, 7) is 1.99. The molecule has 0 radical (unpaired) electrons. The number of hydrogen-bond acceptors (Lipinski definition) is 2. The van der Waals surface area contributed by atoms with Crippen LogP contribution >= 0.6 is 0 Å². The van der Waals surface area contributed by atoms with Crippen molar-refractivity contribution in [3.63, 3.8) is 0 Å². The van der Waals surface area contributed by atoms with Crippen LogP contribution in [-0.4, -0.2) is 25.2 Å². The summed E-state index contributed by atoms with van der Waals surface area (Å²) in [6, 6.07) is 17.0. The van der Waals surface area contributed by atoms with Crippen LogP contribution in [-0.2, 0) is 6.42 Å². The number of H-pyrrole nitrogens is 1. The summed E-state index contributed by atoms with van der Waals surface area (Å²) in [6.07, 6.45) is 1.05. The van der Waals surface area contributed by atoms with Crippen molar-refractivity contribution >= 4 is 10.9 Å². The molecule has 0 saturated heterocycles. The van der Waals surface area contributed by atoms with Crippen LogP contribution in [0.25, 0.3) is 10.9 Å². The van der Waals surface area contributed by atoms with Crippen LogP contribution in [0.3, 0.4) is 0 Å². The van der Waals surface area contributed by atoms with Gasteiger partial charge in [0, 0.05) is 29.1 Å². The molecule has 112 valence electrons. The van der Waals surface area contributed by atoms with Crippen molar-refractivity contribution in [2.45, 2.75) is 12.3 Å². The van der Waals surface area contributed by atoms with E-state index in [0.29, 0.717) is 5.92 Å². The summed E-state index contributed by atoms with van der Waals surface area (Å²) in [4.78, 5) is 3.66. The molecule has 0 saturated carbocycles. The van der Waals surface area contributed by atoms with Crippen LogP contribution in [0.1, 0.15) is 22.7 Å². The molecule has 1 aliphatic heterocycles. The van der Waals surface area contributed by atoms with Gasteiger partial charge in [-0.1, -0.05) is 30.3 Å². The van der Waals surface area contributed by atoms with Gasteiger partial charge in [0.1, 0.15) is 5.75 Å². The third-order valence-electron chi connectivity index (χ3n) is 4.60. The summed E-state index contributed by atoms with van der Waals surface area (Å²) in [7, 11) is 1.72. The number of rotatable bonds is 2. The smallest absolute Gasteiger partial charge is 0.119 e. The van der Waals surface area contributed by atoms with E-state index in [0.717, 1.165) is 25.3 Å². The second-order valence-electron chi connectivity index (χ2n) is 5.85. The summed E-state index contributed by atoms with van der Waals surface area (Å²) < 4.78 is 5.40. The number of aromatic nitrogens is 1. The minimum absolute atomic E-state index is 0.372. The zero-order chi connectivity index (χ0) is 14.9. The van der Waals surface area contributed by atoms with Gasteiger partial charge in [0.15, 0.2) is 0 Å². The molecular formula is C19H20N2O. The zero-order valence-electron chi connectivity index (χ0n) is 12.7. The molecule has 3 nitrogen and oxygen atoms in total. The Morgan fingerprint density at radius 1 is 1.09 bits per heavy atom. The Kier molecular flexibility index (Phi) is 3.35. The van der Waals surface area contributed by atoms with E-state index in [1.54, 1.807) is 7.11 Å². The average Bonchev–Trinajstić information content (AvgIpc) is 2.79. The Balaban J connectivity index is 1.89. The van der Waals surface area contributed by atoms with Crippen LogP contribution in [0, 0.1) is 0 Å². The van der Waals surface area contributed by atoms with Crippen molar-refractivity contribution in [2.24, 2.45) is 0 Å². The first kappa shape index (κ1) is 13.4. The van der Waals surface area contributed by atoms with Crippen molar-refractivity contribution in [1.29, 1.82) is 0 Å². The Hall–Kier alpha value is -2.26. The predicted octanol–water partition coefficient (Wildman–Crippen LogP) is 3.45. The molecule has 2 heterocycles. The topological polar surface area (TPSA) is 37.0 Å². The summed E-state index contributed by atoms with van der Waals surface area (Å²) in [5, 5.41) is 4.86. The van der Waals surface area contributed by atoms with Gasteiger partial charge in [-0.05, 0) is 42.3 Å². The molecule has 4 rings (SSSR count). The second kappa shape index (κ2) is 5.50. The monoisotopic (exact) mass is 292 g/mol. The fourth-order valence-electron chi connectivity index (χ4n) is 3.47.